The summed E-state index contributed by atoms with van der Waals surface area (Å²) in [6.45, 7) is 5.81. The summed E-state index contributed by atoms with van der Waals surface area (Å²) in [6.07, 6.45) is 3.75. The molecule has 0 saturated carbocycles. The fourth-order valence-corrected chi connectivity index (χ4v) is 1.83. The van der Waals surface area contributed by atoms with Gasteiger partial charge in [0.2, 0.25) is 0 Å². The molecule has 0 radical (unpaired) electrons. The second-order valence-corrected chi connectivity index (χ2v) is 5.45. The van der Waals surface area contributed by atoms with Crippen molar-refractivity contribution in [3.8, 4) is 0 Å². The Kier molecular flexibility index (Phi) is 19.2. The number of esters is 2. The van der Waals surface area contributed by atoms with E-state index in [1.165, 1.54) is 7.11 Å². The Balaban J connectivity index is 3.11. The monoisotopic (exact) mass is 378 g/mol. The molecule has 0 unspecified atom stereocenters. The van der Waals surface area contributed by atoms with Gasteiger partial charge in [0.15, 0.2) is 0 Å². The van der Waals surface area contributed by atoms with Gasteiger partial charge in [-0.2, -0.15) is 0 Å². The van der Waals surface area contributed by atoms with Crippen LogP contribution < -0.4 is 0 Å². The van der Waals surface area contributed by atoms with Crippen molar-refractivity contribution < 1.29 is 38.0 Å². The van der Waals surface area contributed by atoms with E-state index < -0.39 is 0 Å². The Morgan fingerprint density at radius 2 is 1.12 bits per heavy atom. The first-order chi connectivity index (χ1) is 12.7. The van der Waals surface area contributed by atoms with Gasteiger partial charge in [-0.05, 0) is 6.42 Å². The summed E-state index contributed by atoms with van der Waals surface area (Å²) in [7, 11) is 1.35. The van der Waals surface area contributed by atoms with Crippen molar-refractivity contribution in [1.82, 2.24) is 0 Å². The minimum Gasteiger partial charge on any atom is -0.469 e. The maximum atomic E-state index is 11.3. The second-order valence-electron chi connectivity index (χ2n) is 5.45. The Labute approximate surface area is 156 Å². The third-order valence-electron chi connectivity index (χ3n) is 3.27. The van der Waals surface area contributed by atoms with E-state index in [-0.39, 0.29) is 25.0 Å². The van der Waals surface area contributed by atoms with Gasteiger partial charge in [0.05, 0.1) is 66.4 Å². The molecule has 0 rings (SSSR count). The quantitative estimate of drug-likeness (QED) is 0.248. The fraction of sp³-hybridized carbons (Fsp3) is 0.889. The van der Waals surface area contributed by atoms with Crippen LogP contribution >= 0.6 is 0 Å². The van der Waals surface area contributed by atoms with Gasteiger partial charge in [-0.15, -0.1) is 0 Å². The number of unbranched alkanes of at least 4 members (excludes halogenated alkanes) is 2. The molecule has 0 amide bonds. The van der Waals surface area contributed by atoms with Crippen LogP contribution in [0.2, 0.25) is 0 Å². The zero-order chi connectivity index (χ0) is 19.3. The molecule has 0 aliphatic rings. The second kappa shape index (κ2) is 20.1. The summed E-state index contributed by atoms with van der Waals surface area (Å²) >= 11 is 0. The highest BCUT2D eigenvalue weighted by Gasteiger charge is 2.02. The summed E-state index contributed by atoms with van der Waals surface area (Å²) in [6, 6.07) is 0. The lowest BCUT2D eigenvalue weighted by Gasteiger charge is -2.08. The Bertz CT molecular complexity index is 335. The van der Waals surface area contributed by atoms with Crippen molar-refractivity contribution in [2.75, 3.05) is 66.6 Å². The van der Waals surface area contributed by atoms with Gasteiger partial charge in [-0.1, -0.05) is 19.8 Å². The Morgan fingerprint density at radius 1 is 0.615 bits per heavy atom. The van der Waals surface area contributed by atoms with Crippen LogP contribution in [0.3, 0.4) is 0 Å². The topological polar surface area (TPSA) is 89.5 Å². The van der Waals surface area contributed by atoms with Crippen molar-refractivity contribution in [2.45, 2.75) is 39.0 Å². The lowest BCUT2D eigenvalue weighted by atomic mass is 10.2. The number of rotatable bonds is 19. The Morgan fingerprint density at radius 3 is 1.62 bits per heavy atom. The first kappa shape index (κ1) is 24.8. The van der Waals surface area contributed by atoms with Gasteiger partial charge in [-0.3, -0.25) is 9.59 Å². The van der Waals surface area contributed by atoms with Gasteiger partial charge in [0.25, 0.3) is 0 Å². The predicted octanol–water partition coefficient (Wildman–Crippen LogP) is 1.74. The normalized spacial score (nSPS) is 10.7. The molecule has 0 aromatic carbocycles. The van der Waals surface area contributed by atoms with Crippen molar-refractivity contribution in [1.29, 1.82) is 0 Å². The molecule has 0 aliphatic heterocycles. The predicted molar refractivity (Wildman–Crippen MR) is 95.0 cm³/mol. The van der Waals surface area contributed by atoms with Crippen LogP contribution in [0.5, 0.6) is 0 Å². The van der Waals surface area contributed by atoms with Crippen LogP contribution in [-0.4, -0.2) is 78.5 Å². The minimum absolute atomic E-state index is 0.162. The molecule has 0 aliphatic carbocycles. The molecule has 0 aromatic heterocycles. The number of methoxy groups -OCH3 is 1. The first-order valence-corrected chi connectivity index (χ1v) is 9.24. The zero-order valence-electron chi connectivity index (χ0n) is 16.2. The molecular formula is C18H34O8. The third kappa shape index (κ3) is 19.1. The zero-order valence-corrected chi connectivity index (χ0v) is 16.2. The van der Waals surface area contributed by atoms with E-state index in [0.29, 0.717) is 59.3 Å². The molecule has 26 heavy (non-hydrogen) atoms. The lowest BCUT2D eigenvalue weighted by Crippen LogP contribution is -2.14. The smallest absolute Gasteiger partial charge is 0.307 e. The summed E-state index contributed by atoms with van der Waals surface area (Å²) in [5.41, 5.74) is 0. The fourth-order valence-electron chi connectivity index (χ4n) is 1.83. The molecule has 0 bridgehead atoms. The molecule has 0 heterocycles. The molecule has 154 valence electrons. The molecule has 0 saturated heterocycles. The van der Waals surface area contributed by atoms with Crippen molar-refractivity contribution in [3.63, 3.8) is 0 Å². The number of hydrogen-bond acceptors (Lipinski definition) is 8. The molecule has 0 fully saturated rings. The third-order valence-corrected chi connectivity index (χ3v) is 3.27. The number of carbonyl (C=O) groups excluding carboxylic acids is 2. The first-order valence-electron chi connectivity index (χ1n) is 9.24. The van der Waals surface area contributed by atoms with Crippen LogP contribution in [0.25, 0.3) is 0 Å². The highest BCUT2D eigenvalue weighted by atomic mass is 16.6. The van der Waals surface area contributed by atoms with Crippen LogP contribution in [0.4, 0.5) is 0 Å². The highest BCUT2D eigenvalue weighted by molar-refractivity contribution is 5.69. The van der Waals surface area contributed by atoms with E-state index in [0.717, 1.165) is 19.3 Å². The minimum atomic E-state index is -0.285. The molecular weight excluding hydrogens is 344 g/mol. The molecule has 0 atom stereocenters. The highest BCUT2D eigenvalue weighted by Crippen LogP contribution is 2.00. The van der Waals surface area contributed by atoms with Gasteiger partial charge >= 0.3 is 11.9 Å². The number of ether oxygens (including phenoxy) is 6. The van der Waals surface area contributed by atoms with Crippen LogP contribution in [-0.2, 0) is 38.0 Å². The van der Waals surface area contributed by atoms with Crippen LogP contribution in [0, 0.1) is 0 Å². The SMILES string of the molecule is CCCCCC(=O)OCCOCCOCCOCCOCCC(=O)OC. The van der Waals surface area contributed by atoms with E-state index in [2.05, 4.69) is 11.7 Å². The van der Waals surface area contributed by atoms with Crippen LogP contribution in [0.1, 0.15) is 39.0 Å². The lowest BCUT2D eigenvalue weighted by molar-refractivity contribution is -0.145. The average Bonchev–Trinajstić information content (AvgIpc) is 2.64. The maximum absolute atomic E-state index is 11.3. The van der Waals surface area contributed by atoms with Gasteiger partial charge in [0.1, 0.15) is 6.61 Å². The standard InChI is InChI=1S/C18H34O8/c1-3-4-5-6-18(20)26-16-15-25-14-13-24-12-11-23-10-9-22-8-7-17(19)21-2/h3-16H2,1-2H3. The summed E-state index contributed by atoms with van der Waals surface area (Å²) in [4.78, 5) is 22.2. The summed E-state index contributed by atoms with van der Waals surface area (Å²) < 4.78 is 30.7. The molecule has 8 nitrogen and oxygen atoms in total. The van der Waals surface area contributed by atoms with Crippen molar-refractivity contribution in [3.05, 3.63) is 0 Å². The van der Waals surface area contributed by atoms with E-state index >= 15 is 0 Å². The van der Waals surface area contributed by atoms with E-state index in [1.807, 2.05) is 0 Å². The Hall–Kier alpha value is -1.22. The van der Waals surface area contributed by atoms with Gasteiger partial charge in [-0.25, -0.2) is 0 Å². The van der Waals surface area contributed by atoms with Crippen molar-refractivity contribution in [2.24, 2.45) is 0 Å². The number of carbonyl (C=O) groups is 2. The largest absolute Gasteiger partial charge is 0.469 e. The van der Waals surface area contributed by atoms with Gasteiger partial charge < -0.3 is 28.4 Å². The number of hydrogen-bond donors (Lipinski definition) is 0. The molecule has 0 spiro atoms. The van der Waals surface area contributed by atoms with E-state index in [1.54, 1.807) is 0 Å². The molecule has 0 N–H and O–H groups in total. The van der Waals surface area contributed by atoms with Crippen LogP contribution in [0.15, 0.2) is 0 Å². The van der Waals surface area contributed by atoms with E-state index in [4.69, 9.17) is 23.7 Å². The maximum Gasteiger partial charge on any atom is 0.307 e. The summed E-state index contributed by atoms with van der Waals surface area (Å²) in [5, 5.41) is 0. The summed E-state index contributed by atoms with van der Waals surface area (Å²) in [5.74, 6) is -0.448. The van der Waals surface area contributed by atoms with Crippen molar-refractivity contribution >= 4 is 11.9 Å². The van der Waals surface area contributed by atoms with E-state index in [9.17, 15) is 9.59 Å². The molecule has 0 aromatic rings. The van der Waals surface area contributed by atoms with Gasteiger partial charge in [0, 0.05) is 6.42 Å². The average molecular weight is 378 g/mol. The molecule has 8 heteroatoms.